The summed E-state index contributed by atoms with van der Waals surface area (Å²) in [6.45, 7) is 1.96. The zero-order valence-corrected chi connectivity index (χ0v) is 9.69. The van der Waals surface area contributed by atoms with Crippen molar-refractivity contribution in [2.24, 2.45) is 0 Å². The van der Waals surface area contributed by atoms with E-state index in [-0.39, 0.29) is 0 Å². The maximum Gasteiger partial charge on any atom is 0.0576 e. The SMILES string of the molecule is c1ccc(C2CNc3ccccc3NC2)cc1. The first-order valence-corrected chi connectivity index (χ1v) is 6.05. The van der Waals surface area contributed by atoms with Crippen molar-refractivity contribution in [1.82, 2.24) is 0 Å². The molecule has 3 rings (SSSR count). The van der Waals surface area contributed by atoms with Gasteiger partial charge in [0.05, 0.1) is 11.4 Å². The van der Waals surface area contributed by atoms with Crippen molar-refractivity contribution in [3.63, 3.8) is 0 Å². The zero-order valence-electron chi connectivity index (χ0n) is 9.69. The van der Waals surface area contributed by atoms with E-state index < -0.39 is 0 Å². The minimum absolute atomic E-state index is 0.517. The van der Waals surface area contributed by atoms with Gasteiger partial charge in [-0.1, -0.05) is 42.5 Å². The Kier molecular flexibility index (Phi) is 2.70. The molecule has 0 amide bonds. The molecule has 0 atom stereocenters. The van der Waals surface area contributed by atoms with Crippen molar-refractivity contribution in [3.05, 3.63) is 60.2 Å². The lowest BCUT2D eigenvalue weighted by atomic mass is 9.99. The molecule has 0 bridgehead atoms. The maximum atomic E-state index is 3.51. The van der Waals surface area contributed by atoms with Crippen molar-refractivity contribution >= 4 is 11.4 Å². The Labute approximate surface area is 102 Å². The van der Waals surface area contributed by atoms with Crippen LogP contribution >= 0.6 is 0 Å². The first-order chi connectivity index (χ1) is 8.43. The van der Waals surface area contributed by atoms with E-state index in [2.05, 4.69) is 65.2 Å². The molecule has 0 saturated heterocycles. The van der Waals surface area contributed by atoms with Crippen molar-refractivity contribution in [1.29, 1.82) is 0 Å². The molecule has 1 heterocycles. The summed E-state index contributed by atoms with van der Waals surface area (Å²) in [7, 11) is 0. The largest absolute Gasteiger partial charge is 0.383 e. The van der Waals surface area contributed by atoms with Crippen LogP contribution in [-0.2, 0) is 0 Å². The number of anilines is 2. The Morgan fingerprint density at radius 3 is 1.82 bits per heavy atom. The summed E-state index contributed by atoms with van der Waals surface area (Å²) in [6.07, 6.45) is 0. The number of hydrogen-bond donors (Lipinski definition) is 2. The van der Waals surface area contributed by atoms with Crippen molar-refractivity contribution in [3.8, 4) is 0 Å². The van der Waals surface area contributed by atoms with Crippen LogP contribution in [0.4, 0.5) is 11.4 Å². The van der Waals surface area contributed by atoms with Crippen molar-refractivity contribution in [2.45, 2.75) is 5.92 Å². The highest BCUT2D eigenvalue weighted by atomic mass is 15.0. The molecular weight excluding hydrogens is 208 g/mol. The summed E-state index contributed by atoms with van der Waals surface area (Å²) in [5.74, 6) is 0.517. The van der Waals surface area contributed by atoms with Gasteiger partial charge in [0.25, 0.3) is 0 Å². The molecule has 0 unspecified atom stereocenters. The molecule has 0 saturated carbocycles. The lowest BCUT2D eigenvalue weighted by molar-refractivity contribution is 0.767. The Bertz CT molecular complexity index is 466. The van der Waals surface area contributed by atoms with Gasteiger partial charge in [-0.2, -0.15) is 0 Å². The van der Waals surface area contributed by atoms with Crippen LogP contribution in [0.1, 0.15) is 11.5 Å². The smallest absolute Gasteiger partial charge is 0.0576 e. The van der Waals surface area contributed by atoms with Gasteiger partial charge < -0.3 is 10.6 Å². The average molecular weight is 224 g/mol. The predicted molar refractivity (Wildman–Crippen MR) is 72.6 cm³/mol. The van der Waals surface area contributed by atoms with E-state index in [4.69, 9.17) is 0 Å². The van der Waals surface area contributed by atoms with Crippen LogP contribution in [0.5, 0.6) is 0 Å². The fraction of sp³-hybridized carbons (Fsp3) is 0.200. The molecule has 17 heavy (non-hydrogen) atoms. The molecule has 0 aromatic heterocycles. The third-order valence-corrected chi connectivity index (χ3v) is 3.28. The van der Waals surface area contributed by atoms with E-state index in [9.17, 15) is 0 Å². The normalized spacial score (nSPS) is 15.3. The molecule has 0 aliphatic carbocycles. The van der Waals surface area contributed by atoms with Gasteiger partial charge in [-0.3, -0.25) is 0 Å². The van der Waals surface area contributed by atoms with Crippen molar-refractivity contribution in [2.75, 3.05) is 23.7 Å². The highest BCUT2D eigenvalue weighted by Crippen LogP contribution is 2.27. The monoisotopic (exact) mass is 224 g/mol. The number of para-hydroxylation sites is 2. The summed E-state index contributed by atoms with van der Waals surface area (Å²) >= 11 is 0. The van der Waals surface area contributed by atoms with Gasteiger partial charge >= 0.3 is 0 Å². The molecule has 0 fully saturated rings. The van der Waals surface area contributed by atoms with E-state index in [0.717, 1.165) is 13.1 Å². The van der Waals surface area contributed by atoms with Gasteiger partial charge in [-0.05, 0) is 17.7 Å². The summed E-state index contributed by atoms with van der Waals surface area (Å²) in [4.78, 5) is 0. The topological polar surface area (TPSA) is 24.1 Å². The Hall–Kier alpha value is -1.96. The Morgan fingerprint density at radius 2 is 1.24 bits per heavy atom. The van der Waals surface area contributed by atoms with E-state index in [0.29, 0.717) is 5.92 Å². The average Bonchev–Trinajstić information content (AvgIpc) is 2.62. The van der Waals surface area contributed by atoms with Gasteiger partial charge in [0.1, 0.15) is 0 Å². The maximum absolute atomic E-state index is 3.51. The Morgan fingerprint density at radius 1 is 0.706 bits per heavy atom. The molecule has 2 aromatic carbocycles. The van der Waals surface area contributed by atoms with Crippen molar-refractivity contribution < 1.29 is 0 Å². The Balaban J connectivity index is 1.82. The lowest BCUT2D eigenvalue weighted by Crippen LogP contribution is -2.16. The fourth-order valence-corrected chi connectivity index (χ4v) is 2.29. The molecular formula is C15H16N2. The van der Waals surface area contributed by atoms with Gasteiger partial charge in [0.2, 0.25) is 0 Å². The molecule has 2 nitrogen and oxygen atoms in total. The van der Waals surface area contributed by atoms with Crippen LogP contribution < -0.4 is 10.6 Å². The summed E-state index contributed by atoms with van der Waals surface area (Å²) in [5, 5.41) is 7.02. The van der Waals surface area contributed by atoms with Crippen LogP contribution in [0.25, 0.3) is 0 Å². The second-order valence-electron chi connectivity index (χ2n) is 4.41. The van der Waals surface area contributed by atoms with E-state index >= 15 is 0 Å². The zero-order chi connectivity index (χ0) is 11.5. The van der Waals surface area contributed by atoms with Gasteiger partial charge in [0.15, 0.2) is 0 Å². The highest BCUT2D eigenvalue weighted by Gasteiger charge is 2.15. The second kappa shape index (κ2) is 4.50. The quantitative estimate of drug-likeness (QED) is 0.776. The predicted octanol–water partition coefficient (Wildman–Crippen LogP) is 3.31. The standard InChI is InChI=1S/C15H16N2/c1-2-6-12(7-3-1)13-10-16-14-8-4-5-9-15(14)17-11-13/h1-9,13,16-17H,10-11H2. The van der Waals surface area contributed by atoms with E-state index in [1.54, 1.807) is 0 Å². The molecule has 2 aromatic rings. The molecule has 0 radical (unpaired) electrons. The van der Waals surface area contributed by atoms with E-state index in [1.165, 1.54) is 16.9 Å². The molecule has 1 aliphatic rings. The first kappa shape index (κ1) is 10.2. The summed E-state index contributed by atoms with van der Waals surface area (Å²) in [6, 6.07) is 19.0. The van der Waals surface area contributed by atoms with Crippen LogP contribution in [0.2, 0.25) is 0 Å². The number of benzene rings is 2. The second-order valence-corrected chi connectivity index (χ2v) is 4.41. The van der Waals surface area contributed by atoms with E-state index in [1.807, 2.05) is 0 Å². The minimum Gasteiger partial charge on any atom is -0.383 e. The van der Waals surface area contributed by atoms with Gasteiger partial charge in [0, 0.05) is 19.0 Å². The summed E-state index contributed by atoms with van der Waals surface area (Å²) in [5.41, 5.74) is 3.79. The third kappa shape index (κ3) is 2.11. The minimum atomic E-state index is 0.517. The molecule has 2 N–H and O–H groups in total. The van der Waals surface area contributed by atoms with Crippen LogP contribution in [0.3, 0.4) is 0 Å². The number of fused-ring (bicyclic) bond motifs is 1. The summed E-state index contributed by atoms with van der Waals surface area (Å²) < 4.78 is 0. The van der Waals surface area contributed by atoms with Gasteiger partial charge in [-0.15, -0.1) is 0 Å². The fourth-order valence-electron chi connectivity index (χ4n) is 2.29. The third-order valence-electron chi connectivity index (χ3n) is 3.28. The van der Waals surface area contributed by atoms with Crippen LogP contribution in [0, 0.1) is 0 Å². The number of hydrogen-bond acceptors (Lipinski definition) is 2. The molecule has 0 spiro atoms. The van der Waals surface area contributed by atoms with Crippen LogP contribution in [-0.4, -0.2) is 13.1 Å². The lowest BCUT2D eigenvalue weighted by Gasteiger charge is -2.14. The number of rotatable bonds is 1. The molecule has 2 heteroatoms. The van der Waals surface area contributed by atoms with Gasteiger partial charge in [-0.25, -0.2) is 0 Å². The number of nitrogens with one attached hydrogen (secondary N) is 2. The highest BCUT2D eigenvalue weighted by molar-refractivity contribution is 5.69. The van der Waals surface area contributed by atoms with Crippen LogP contribution in [0.15, 0.2) is 54.6 Å². The molecule has 86 valence electrons. The molecule has 1 aliphatic heterocycles. The first-order valence-electron chi connectivity index (χ1n) is 6.05.